The molecule has 5 nitrogen and oxygen atoms in total. The van der Waals surface area contributed by atoms with E-state index < -0.39 is 0 Å². The van der Waals surface area contributed by atoms with Gasteiger partial charge in [-0.15, -0.1) is 0 Å². The SMILES string of the molecule is CC.CC(=N)N1C(=N)C(C)CN(c2ccc(C#N)cc2)c2cc(Br)ccc21. The summed E-state index contributed by atoms with van der Waals surface area (Å²) in [6, 6.07) is 15.4. The Bertz CT molecular complexity index is 882. The fourth-order valence-corrected chi connectivity index (χ4v) is 3.38. The molecular formula is C21H24BrN5. The van der Waals surface area contributed by atoms with Crippen LogP contribution in [-0.4, -0.2) is 18.2 Å². The van der Waals surface area contributed by atoms with Crippen LogP contribution in [-0.2, 0) is 0 Å². The molecule has 1 atom stereocenters. The molecule has 0 aliphatic carbocycles. The van der Waals surface area contributed by atoms with Crippen LogP contribution < -0.4 is 9.80 Å². The molecular weight excluding hydrogens is 402 g/mol. The average Bonchev–Trinajstić information content (AvgIpc) is 2.78. The summed E-state index contributed by atoms with van der Waals surface area (Å²) >= 11 is 3.53. The highest BCUT2D eigenvalue weighted by atomic mass is 79.9. The van der Waals surface area contributed by atoms with E-state index in [4.69, 9.17) is 16.1 Å². The van der Waals surface area contributed by atoms with E-state index in [1.807, 2.05) is 51.1 Å². The number of rotatable bonds is 1. The molecule has 1 aliphatic rings. The van der Waals surface area contributed by atoms with Gasteiger partial charge in [-0.3, -0.25) is 15.7 Å². The highest BCUT2D eigenvalue weighted by Gasteiger charge is 2.30. The van der Waals surface area contributed by atoms with Gasteiger partial charge in [0.2, 0.25) is 0 Å². The van der Waals surface area contributed by atoms with Crippen molar-refractivity contribution in [3.05, 3.63) is 52.5 Å². The summed E-state index contributed by atoms with van der Waals surface area (Å²) < 4.78 is 0.938. The Hall–Kier alpha value is -2.65. The number of anilines is 3. The van der Waals surface area contributed by atoms with Crippen LogP contribution in [0.2, 0.25) is 0 Å². The van der Waals surface area contributed by atoms with Crippen LogP contribution >= 0.6 is 15.9 Å². The van der Waals surface area contributed by atoms with E-state index in [9.17, 15) is 0 Å². The topological polar surface area (TPSA) is 78.0 Å². The fourth-order valence-electron chi connectivity index (χ4n) is 3.03. The minimum absolute atomic E-state index is 0.0536. The van der Waals surface area contributed by atoms with E-state index in [1.54, 1.807) is 24.0 Å². The van der Waals surface area contributed by atoms with Crippen LogP contribution in [0.3, 0.4) is 0 Å². The van der Waals surface area contributed by atoms with E-state index in [1.165, 1.54) is 0 Å². The summed E-state index contributed by atoms with van der Waals surface area (Å²) in [6.45, 7) is 8.32. The largest absolute Gasteiger partial charge is 0.339 e. The number of hydrogen-bond donors (Lipinski definition) is 2. The Morgan fingerprint density at radius 1 is 1.15 bits per heavy atom. The molecule has 2 N–H and O–H groups in total. The first-order chi connectivity index (χ1) is 12.9. The molecule has 0 radical (unpaired) electrons. The van der Waals surface area contributed by atoms with Gasteiger partial charge in [0.1, 0.15) is 11.7 Å². The fraction of sp³-hybridized carbons (Fsp3) is 0.286. The molecule has 0 bridgehead atoms. The van der Waals surface area contributed by atoms with Gasteiger partial charge in [0.15, 0.2) is 0 Å². The summed E-state index contributed by atoms with van der Waals surface area (Å²) in [4.78, 5) is 3.83. The number of nitriles is 1. The van der Waals surface area contributed by atoms with Crippen molar-refractivity contribution in [3.8, 4) is 6.07 Å². The van der Waals surface area contributed by atoms with E-state index in [0.717, 1.165) is 21.5 Å². The first-order valence-electron chi connectivity index (χ1n) is 8.93. The highest BCUT2D eigenvalue weighted by Crippen LogP contribution is 2.40. The van der Waals surface area contributed by atoms with Crippen LogP contribution in [0.5, 0.6) is 0 Å². The Labute approximate surface area is 169 Å². The number of hydrogen-bond acceptors (Lipinski definition) is 4. The number of halogens is 1. The summed E-state index contributed by atoms with van der Waals surface area (Å²) in [6.07, 6.45) is 0. The maximum Gasteiger partial charge on any atom is 0.111 e. The van der Waals surface area contributed by atoms with Crippen LogP contribution in [0, 0.1) is 28.1 Å². The van der Waals surface area contributed by atoms with E-state index in [-0.39, 0.29) is 5.92 Å². The smallest absolute Gasteiger partial charge is 0.111 e. The van der Waals surface area contributed by atoms with Gasteiger partial charge >= 0.3 is 0 Å². The lowest BCUT2D eigenvalue weighted by atomic mass is 10.1. The number of amidine groups is 2. The normalized spacial score (nSPS) is 15.9. The van der Waals surface area contributed by atoms with Gasteiger partial charge in [0.05, 0.1) is 23.0 Å². The van der Waals surface area contributed by atoms with Gasteiger partial charge in [-0.1, -0.05) is 36.7 Å². The predicted octanol–water partition coefficient (Wildman–Crippen LogP) is 5.92. The molecule has 0 spiro atoms. The van der Waals surface area contributed by atoms with Crippen LogP contribution in [0.4, 0.5) is 17.1 Å². The standard InChI is InChI=1S/C19H18BrN5.C2H6/c1-12-11-24(16-6-3-14(10-21)4-7-16)18-9-15(20)5-8-17(18)25(13(2)22)19(12)23;1-2/h3-9,12,22-23H,11H2,1-2H3;1-2H3. The van der Waals surface area contributed by atoms with Crippen molar-refractivity contribution >= 4 is 44.7 Å². The van der Waals surface area contributed by atoms with Crippen LogP contribution in [0.25, 0.3) is 0 Å². The molecule has 0 fully saturated rings. The predicted molar refractivity (Wildman–Crippen MR) is 116 cm³/mol. The molecule has 27 heavy (non-hydrogen) atoms. The Kier molecular flexibility index (Phi) is 6.75. The second-order valence-electron chi connectivity index (χ2n) is 6.11. The Morgan fingerprint density at radius 2 is 1.78 bits per heavy atom. The Balaban J connectivity index is 0.00000126. The van der Waals surface area contributed by atoms with Gasteiger partial charge in [-0.25, -0.2) is 0 Å². The minimum Gasteiger partial charge on any atom is -0.339 e. The summed E-state index contributed by atoms with van der Waals surface area (Å²) in [7, 11) is 0. The van der Waals surface area contributed by atoms with E-state index in [0.29, 0.717) is 23.8 Å². The van der Waals surface area contributed by atoms with E-state index >= 15 is 0 Å². The number of nitrogens with one attached hydrogen (secondary N) is 2. The molecule has 1 heterocycles. The first-order valence-corrected chi connectivity index (χ1v) is 9.72. The maximum absolute atomic E-state index is 9.02. The van der Waals surface area contributed by atoms with Gasteiger partial charge < -0.3 is 4.90 Å². The average molecular weight is 426 g/mol. The minimum atomic E-state index is -0.0536. The highest BCUT2D eigenvalue weighted by molar-refractivity contribution is 9.10. The van der Waals surface area contributed by atoms with Crippen molar-refractivity contribution in [2.75, 3.05) is 16.3 Å². The molecule has 1 unspecified atom stereocenters. The maximum atomic E-state index is 9.02. The Morgan fingerprint density at radius 3 is 2.33 bits per heavy atom. The van der Waals surface area contributed by atoms with Crippen molar-refractivity contribution in [2.24, 2.45) is 5.92 Å². The third-order valence-corrected chi connectivity index (χ3v) is 4.77. The lowest BCUT2D eigenvalue weighted by molar-refractivity contribution is 0.756. The monoisotopic (exact) mass is 425 g/mol. The molecule has 0 aromatic heterocycles. The quantitative estimate of drug-likeness (QED) is 0.439. The summed E-state index contributed by atoms with van der Waals surface area (Å²) in [5, 5.41) is 25.7. The lowest BCUT2D eigenvalue weighted by Crippen LogP contribution is -2.38. The number of benzene rings is 2. The second kappa shape index (κ2) is 8.83. The summed E-state index contributed by atoms with van der Waals surface area (Å²) in [5.41, 5.74) is 3.32. The number of fused-ring (bicyclic) bond motifs is 1. The van der Waals surface area contributed by atoms with Gasteiger partial charge in [0.25, 0.3) is 0 Å². The van der Waals surface area contributed by atoms with Crippen molar-refractivity contribution in [2.45, 2.75) is 27.7 Å². The third kappa shape index (κ3) is 4.20. The third-order valence-electron chi connectivity index (χ3n) is 4.28. The zero-order valence-corrected chi connectivity index (χ0v) is 17.6. The molecule has 6 heteroatoms. The second-order valence-corrected chi connectivity index (χ2v) is 7.03. The molecule has 2 aromatic rings. The summed E-state index contributed by atoms with van der Waals surface area (Å²) in [5.74, 6) is 0.677. The van der Waals surface area contributed by atoms with E-state index in [2.05, 4.69) is 26.9 Å². The lowest BCUT2D eigenvalue weighted by Gasteiger charge is -2.27. The number of nitrogens with zero attached hydrogens (tertiary/aromatic N) is 3. The first kappa shape index (κ1) is 20.7. The van der Waals surface area contributed by atoms with Gasteiger partial charge in [-0.2, -0.15) is 5.26 Å². The molecule has 0 saturated carbocycles. The van der Waals surface area contributed by atoms with Crippen LogP contribution in [0.15, 0.2) is 46.9 Å². The molecule has 3 rings (SSSR count). The van der Waals surface area contributed by atoms with Crippen molar-refractivity contribution in [1.29, 1.82) is 16.1 Å². The molecule has 0 amide bonds. The zero-order chi connectivity index (χ0) is 20.1. The van der Waals surface area contributed by atoms with Crippen molar-refractivity contribution in [1.82, 2.24) is 0 Å². The molecule has 1 aliphatic heterocycles. The van der Waals surface area contributed by atoms with Gasteiger partial charge in [-0.05, 0) is 49.4 Å². The van der Waals surface area contributed by atoms with Crippen LogP contribution in [0.1, 0.15) is 33.3 Å². The molecule has 2 aromatic carbocycles. The van der Waals surface area contributed by atoms with Crippen molar-refractivity contribution in [3.63, 3.8) is 0 Å². The molecule has 0 saturated heterocycles. The molecule has 140 valence electrons. The zero-order valence-electron chi connectivity index (χ0n) is 16.0. The van der Waals surface area contributed by atoms with Gasteiger partial charge in [0, 0.05) is 22.6 Å². The van der Waals surface area contributed by atoms with Crippen molar-refractivity contribution < 1.29 is 0 Å².